The van der Waals surface area contributed by atoms with Crippen LogP contribution >= 0.6 is 34.4 Å². The van der Waals surface area contributed by atoms with Gasteiger partial charge in [0.05, 0.1) is 18.1 Å². The Morgan fingerprint density at radius 3 is 2.55 bits per heavy atom. The Labute approximate surface area is 181 Å². The number of thioether (sulfide) groups is 1. The molecule has 3 rings (SSSR count). The number of anilines is 1. The highest BCUT2D eigenvalue weighted by atomic mass is 32.2. The van der Waals surface area contributed by atoms with E-state index in [4.69, 9.17) is 4.74 Å². The number of rotatable bonds is 7. The van der Waals surface area contributed by atoms with E-state index in [2.05, 4.69) is 34.1 Å². The van der Waals surface area contributed by atoms with Gasteiger partial charge in [-0.05, 0) is 33.3 Å². The molecule has 0 spiro atoms. The molecule has 29 heavy (non-hydrogen) atoms. The van der Waals surface area contributed by atoms with Crippen LogP contribution < -0.4 is 5.32 Å². The van der Waals surface area contributed by atoms with Gasteiger partial charge in [0.2, 0.25) is 5.91 Å². The number of aryl methyl sites for hydroxylation is 4. The number of thiophene rings is 1. The fourth-order valence-corrected chi connectivity index (χ4v) is 5.54. The minimum absolute atomic E-state index is 0.191. The molecule has 3 aromatic heterocycles. The lowest BCUT2D eigenvalue weighted by Crippen LogP contribution is -2.14. The van der Waals surface area contributed by atoms with E-state index in [0.717, 1.165) is 44.4 Å². The molecule has 0 aliphatic carbocycles. The van der Waals surface area contributed by atoms with Gasteiger partial charge < -0.3 is 10.1 Å². The summed E-state index contributed by atoms with van der Waals surface area (Å²) in [6.07, 6.45) is 0.737. The van der Waals surface area contributed by atoms with Crippen LogP contribution in [0.15, 0.2) is 5.03 Å². The maximum Gasteiger partial charge on any atom is 0.350 e. The number of ether oxygens (including phenoxy) is 1. The Morgan fingerprint density at radius 1 is 1.10 bits per heavy atom. The molecular formula is C19H22N4O3S3. The van der Waals surface area contributed by atoms with Crippen molar-refractivity contribution in [1.29, 1.82) is 0 Å². The zero-order valence-corrected chi connectivity index (χ0v) is 19.4. The van der Waals surface area contributed by atoms with Gasteiger partial charge in [-0.1, -0.05) is 30.0 Å². The van der Waals surface area contributed by atoms with Gasteiger partial charge >= 0.3 is 5.97 Å². The van der Waals surface area contributed by atoms with Crippen molar-refractivity contribution < 1.29 is 14.3 Å². The standard InChI is InChI=1S/C19H22N4O3S3/c1-6-12-21-16(14-9(3)11(5)28-17(14)22-12)27-8-13(24)23-19-20-10(4)15(29-19)18(25)26-7-2/h6-8H2,1-5H3,(H,20,23,24). The van der Waals surface area contributed by atoms with Gasteiger partial charge in [-0.15, -0.1) is 11.3 Å². The molecule has 0 aliphatic heterocycles. The fraction of sp³-hybridized carbons (Fsp3) is 0.421. The number of carbonyl (C=O) groups excluding carboxylic acids is 2. The van der Waals surface area contributed by atoms with E-state index in [1.54, 1.807) is 25.2 Å². The summed E-state index contributed by atoms with van der Waals surface area (Å²) in [4.78, 5) is 40.5. The first-order valence-corrected chi connectivity index (χ1v) is 11.8. The van der Waals surface area contributed by atoms with Crippen molar-refractivity contribution in [1.82, 2.24) is 15.0 Å². The van der Waals surface area contributed by atoms with Crippen molar-refractivity contribution in [3.05, 3.63) is 26.8 Å². The lowest BCUT2D eigenvalue weighted by molar-refractivity contribution is -0.113. The van der Waals surface area contributed by atoms with Crippen molar-refractivity contribution in [2.24, 2.45) is 0 Å². The van der Waals surface area contributed by atoms with Crippen LogP contribution in [0.5, 0.6) is 0 Å². The summed E-state index contributed by atoms with van der Waals surface area (Å²) < 4.78 is 5.01. The number of esters is 1. The Kier molecular flexibility index (Phi) is 6.86. The first-order valence-electron chi connectivity index (χ1n) is 9.17. The molecule has 0 unspecified atom stereocenters. The zero-order valence-electron chi connectivity index (χ0n) is 16.9. The molecule has 0 saturated carbocycles. The number of nitrogens with one attached hydrogen (secondary N) is 1. The van der Waals surface area contributed by atoms with E-state index in [-0.39, 0.29) is 11.7 Å². The van der Waals surface area contributed by atoms with Gasteiger partial charge in [0.25, 0.3) is 0 Å². The van der Waals surface area contributed by atoms with Gasteiger partial charge in [-0.25, -0.2) is 19.7 Å². The normalized spacial score (nSPS) is 11.1. The molecule has 0 fully saturated rings. The van der Waals surface area contributed by atoms with Crippen LogP contribution in [0.2, 0.25) is 0 Å². The quantitative estimate of drug-likeness (QED) is 0.321. The van der Waals surface area contributed by atoms with Crippen LogP contribution in [0.4, 0.5) is 5.13 Å². The summed E-state index contributed by atoms with van der Waals surface area (Å²) in [5.74, 6) is 0.345. The number of aromatic nitrogens is 3. The van der Waals surface area contributed by atoms with E-state index in [0.29, 0.717) is 22.3 Å². The van der Waals surface area contributed by atoms with Crippen LogP contribution in [0, 0.1) is 20.8 Å². The smallest absolute Gasteiger partial charge is 0.350 e. The number of fused-ring (bicyclic) bond motifs is 1. The van der Waals surface area contributed by atoms with Crippen LogP contribution in [0.25, 0.3) is 10.2 Å². The van der Waals surface area contributed by atoms with Gasteiger partial charge in [-0.3, -0.25) is 4.79 Å². The molecule has 0 bridgehead atoms. The molecule has 10 heteroatoms. The third kappa shape index (κ3) is 4.76. The highest BCUT2D eigenvalue weighted by Gasteiger charge is 2.19. The molecule has 1 amide bonds. The predicted octanol–water partition coefficient (Wildman–Crippen LogP) is 4.54. The lowest BCUT2D eigenvalue weighted by Gasteiger charge is -2.06. The molecule has 3 heterocycles. The average molecular weight is 451 g/mol. The predicted molar refractivity (Wildman–Crippen MR) is 118 cm³/mol. The summed E-state index contributed by atoms with van der Waals surface area (Å²) in [7, 11) is 0. The van der Waals surface area contributed by atoms with Crippen molar-refractivity contribution in [2.45, 2.75) is 46.1 Å². The van der Waals surface area contributed by atoms with Gasteiger partial charge in [-0.2, -0.15) is 0 Å². The minimum Gasteiger partial charge on any atom is -0.462 e. The molecule has 1 N–H and O–H groups in total. The Hall–Kier alpha value is -2.04. The van der Waals surface area contributed by atoms with Gasteiger partial charge in [0, 0.05) is 16.7 Å². The third-order valence-electron chi connectivity index (χ3n) is 4.20. The summed E-state index contributed by atoms with van der Waals surface area (Å²) >= 11 is 4.16. The summed E-state index contributed by atoms with van der Waals surface area (Å²) in [5.41, 5.74) is 1.70. The molecule has 0 atom stereocenters. The highest BCUT2D eigenvalue weighted by Crippen LogP contribution is 2.35. The maximum absolute atomic E-state index is 12.5. The van der Waals surface area contributed by atoms with Gasteiger partial charge in [0.1, 0.15) is 20.6 Å². The van der Waals surface area contributed by atoms with Crippen molar-refractivity contribution in [3.8, 4) is 0 Å². The SMILES string of the molecule is CCOC(=O)c1sc(NC(=O)CSc2nc(CC)nc3sc(C)c(C)c23)nc1C. The zero-order chi connectivity index (χ0) is 21.1. The number of nitrogens with zero attached hydrogens (tertiary/aromatic N) is 3. The summed E-state index contributed by atoms with van der Waals surface area (Å²) in [5, 5.41) is 5.01. The van der Waals surface area contributed by atoms with E-state index < -0.39 is 5.97 Å². The molecule has 7 nitrogen and oxygen atoms in total. The highest BCUT2D eigenvalue weighted by molar-refractivity contribution is 8.00. The monoisotopic (exact) mass is 450 g/mol. The second-order valence-corrected chi connectivity index (χ2v) is 9.42. The van der Waals surface area contributed by atoms with E-state index in [1.165, 1.54) is 16.6 Å². The van der Waals surface area contributed by atoms with Crippen LogP contribution in [0.3, 0.4) is 0 Å². The second kappa shape index (κ2) is 9.19. The van der Waals surface area contributed by atoms with Gasteiger partial charge in [0.15, 0.2) is 5.13 Å². The third-order valence-corrected chi connectivity index (χ3v) is 7.33. The molecule has 154 valence electrons. The minimum atomic E-state index is -0.420. The Bertz CT molecular complexity index is 1070. The molecule has 0 aliphatic rings. The molecule has 3 aromatic rings. The van der Waals surface area contributed by atoms with Crippen LogP contribution in [0.1, 0.15) is 45.5 Å². The van der Waals surface area contributed by atoms with E-state index >= 15 is 0 Å². The summed E-state index contributed by atoms with van der Waals surface area (Å²) in [6.45, 7) is 9.91. The largest absolute Gasteiger partial charge is 0.462 e. The van der Waals surface area contributed by atoms with Crippen molar-refractivity contribution in [3.63, 3.8) is 0 Å². The van der Waals surface area contributed by atoms with E-state index in [9.17, 15) is 9.59 Å². The Morgan fingerprint density at radius 2 is 1.86 bits per heavy atom. The number of thiazole rings is 1. The first-order chi connectivity index (χ1) is 13.8. The maximum atomic E-state index is 12.5. The van der Waals surface area contributed by atoms with Crippen molar-refractivity contribution in [2.75, 3.05) is 17.7 Å². The first kappa shape index (κ1) is 21.7. The average Bonchev–Trinajstić information content (AvgIpc) is 3.19. The van der Waals surface area contributed by atoms with Crippen molar-refractivity contribution >= 4 is 61.7 Å². The van der Waals surface area contributed by atoms with E-state index in [1.807, 2.05) is 6.92 Å². The Balaban J connectivity index is 1.73. The molecular weight excluding hydrogens is 428 g/mol. The number of hydrogen-bond donors (Lipinski definition) is 1. The lowest BCUT2D eigenvalue weighted by atomic mass is 10.2. The number of carbonyl (C=O) groups is 2. The number of amides is 1. The van der Waals surface area contributed by atoms with Crippen LogP contribution in [-0.2, 0) is 16.0 Å². The molecule has 0 saturated heterocycles. The summed E-state index contributed by atoms with van der Waals surface area (Å²) in [6, 6.07) is 0. The number of hydrogen-bond acceptors (Lipinski definition) is 9. The van der Waals surface area contributed by atoms with Crippen LogP contribution in [-0.4, -0.2) is 39.2 Å². The topological polar surface area (TPSA) is 94.1 Å². The molecule has 0 radical (unpaired) electrons. The fourth-order valence-electron chi connectivity index (χ4n) is 2.64. The molecule has 0 aromatic carbocycles. The second-order valence-electron chi connectivity index (χ2n) is 6.25.